The number of halogens is 2. The lowest BCUT2D eigenvalue weighted by molar-refractivity contribution is -0.139. The number of rotatable bonds is 9. The Morgan fingerprint density at radius 1 is 0.821 bits per heavy atom. The number of aromatic hydroxyl groups is 1. The minimum absolute atomic E-state index is 0.114. The highest BCUT2D eigenvalue weighted by molar-refractivity contribution is 6.36. The van der Waals surface area contributed by atoms with Gasteiger partial charge in [0.15, 0.2) is 11.5 Å². The van der Waals surface area contributed by atoms with Crippen LogP contribution in [-0.4, -0.2) is 55.1 Å². The molecule has 4 aromatic carbocycles. The Hall–Kier alpha value is -5.78. The Bertz CT molecular complexity index is 2310. The number of hydrazine groups is 1. The lowest BCUT2D eigenvalue weighted by Gasteiger charge is -2.49. The highest BCUT2D eigenvalue weighted by Gasteiger charge is 2.69. The van der Waals surface area contributed by atoms with Crippen molar-refractivity contribution in [3.8, 4) is 23.0 Å². The number of nitrogens with one attached hydrogen (secondary N) is 1. The van der Waals surface area contributed by atoms with E-state index in [0.717, 1.165) is 10.6 Å². The SMILES string of the molecule is COc1ccc([C@@]23C(=O)N(Nc4ccc(Cl)cc4Cl)C(=O)[C@@H]2C[C@@H]2C(=CC[C@@H]4C(=O)N(c5ccccc5)C(=O)[C@@H]42)[C@@H]3C=Cc2cc(OC)c(O)c(OC)c2)cc1. The quantitative estimate of drug-likeness (QED) is 0.131. The molecule has 2 N–H and O–H groups in total. The van der Waals surface area contributed by atoms with Crippen LogP contribution in [0.25, 0.3) is 6.08 Å². The molecule has 13 heteroatoms. The molecule has 0 spiro atoms. The number of ether oxygens (including phenoxy) is 3. The topological polar surface area (TPSA) is 135 Å². The van der Waals surface area contributed by atoms with Crippen LogP contribution < -0.4 is 24.5 Å². The molecule has 4 aromatic rings. The van der Waals surface area contributed by atoms with Gasteiger partial charge in [0.2, 0.25) is 17.6 Å². The first-order valence-electron chi connectivity index (χ1n) is 18.0. The number of allylic oxidation sites excluding steroid dienone is 3. The normalized spacial score (nSPS) is 25.5. The van der Waals surface area contributed by atoms with Crippen LogP contribution in [0.2, 0.25) is 10.0 Å². The first-order valence-corrected chi connectivity index (χ1v) is 18.8. The third-order valence-electron chi connectivity index (χ3n) is 11.6. The number of para-hydroxylation sites is 1. The Morgan fingerprint density at radius 2 is 1.52 bits per heavy atom. The second-order valence-electron chi connectivity index (χ2n) is 14.2. The molecule has 4 amide bonds. The van der Waals surface area contributed by atoms with Crippen molar-refractivity contribution in [2.24, 2.45) is 29.6 Å². The molecule has 8 rings (SSSR count). The standard InChI is InChI=1S/C43H37Cl2N3O8/c1-54-27-13-10-24(11-14-27)43-31(17-9-23-19-35(55-2)38(49)36(20-23)56-3)28-15-16-29-37(41(52)47(39(29)50)26-7-5-4-6-8-26)30(28)22-32(43)40(51)48(42(43)53)46-34-18-12-25(44)21-33(34)45/h4-15,17-21,29-32,37,46,49H,16,22H2,1-3H3/t29-,30+,31-,32-,37-,43-/m0/s1. The van der Waals surface area contributed by atoms with Crippen molar-refractivity contribution < 1.29 is 38.5 Å². The molecular formula is C43H37Cl2N3O8. The van der Waals surface area contributed by atoms with Crippen molar-refractivity contribution in [2.75, 3.05) is 31.7 Å². The minimum Gasteiger partial charge on any atom is -0.502 e. The maximum absolute atomic E-state index is 15.4. The van der Waals surface area contributed by atoms with E-state index in [1.165, 1.54) is 25.2 Å². The van der Waals surface area contributed by atoms with E-state index < -0.39 is 46.8 Å². The number of methoxy groups -OCH3 is 3. The molecule has 3 fully saturated rings. The maximum atomic E-state index is 15.4. The van der Waals surface area contributed by atoms with Crippen molar-refractivity contribution in [1.29, 1.82) is 0 Å². The number of hydrogen-bond acceptors (Lipinski definition) is 9. The summed E-state index contributed by atoms with van der Waals surface area (Å²) in [5.41, 5.74) is 4.16. The number of phenols is 1. The van der Waals surface area contributed by atoms with E-state index in [2.05, 4.69) is 5.43 Å². The van der Waals surface area contributed by atoms with Gasteiger partial charge in [0.1, 0.15) is 5.75 Å². The van der Waals surface area contributed by atoms with Gasteiger partial charge in [0, 0.05) is 10.9 Å². The van der Waals surface area contributed by atoms with Crippen molar-refractivity contribution in [2.45, 2.75) is 18.3 Å². The smallest absolute Gasteiger partial charge is 0.260 e. The molecular weight excluding hydrogens is 757 g/mol. The van der Waals surface area contributed by atoms with Crippen LogP contribution in [-0.2, 0) is 24.6 Å². The summed E-state index contributed by atoms with van der Waals surface area (Å²) >= 11 is 12.7. The van der Waals surface area contributed by atoms with E-state index in [1.807, 2.05) is 18.2 Å². The predicted octanol–water partition coefficient (Wildman–Crippen LogP) is 7.46. The van der Waals surface area contributed by atoms with Crippen LogP contribution in [0.4, 0.5) is 11.4 Å². The van der Waals surface area contributed by atoms with Gasteiger partial charge >= 0.3 is 0 Å². The van der Waals surface area contributed by atoms with E-state index in [4.69, 9.17) is 37.4 Å². The number of imide groups is 2. The van der Waals surface area contributed by atoms with Gasteiger partial charge in [0.25, 0.3) is 11.8 Å². The molecule has 0 unspecified atom stereocenters. The zero-order valence-electron chi connectivity index (χ0n) is 30.6. The van der Waals surface area contributed by atoms with Crippen molar-refractivity contribution in [3.05, 3.63) is 124 Å². The second-order valence-corrected chi connectivity index (χ2v) is 15.1. The van der Waals surface area contributed by atoms with Crippen molar-refractivity contribution in [1.82, 2.24) is 5.01 Å². The molecule has 11 nitrogen and oxygen atoms in total. The number of hydrogen-bond donors (Lipinski definition) is 2. The van der Waals surface area contributed by atoms with Crippen LogP contribution in [0.1, 0.15) is 24.0 Å². The molecule has 6 atom stereocenters. The molecule has 286 valence electrons. The van der Waals surface area contributed by atoms with Gasteiger partial charge in [-0.25, -0.2) is 0 Å². The van der Waals surface area contributed by atoms with Gasteiger partial charge in [0.05, 0.1) is 60.9 Å². The van der Waals surface area contributed by atoms with Crippen LogP contribution in [0.3, 0.4) is 0 Å². The Kier molecular flexibility index (Phi) is 9.54. The largest absolute Gasteiger partial charge is 0.502 e. The zero-order valence-corrected chi connectivity index (χ0v) is 32.1. The van der Waals surface area contributed by atoms with Crippen molar-refractivity contribution >= 4 is 64.3 Å². The number of phenolic OH excluding ortho intramolecular Hbond substituents is 1. The van der Waals surface area contributed by atoms with Crippen LogP contribution >= 0.6 is 23.2 Å². The molecule has 4 aliphatic rings. The average Bonchev–Trinajstić information content (AvgIpc) is 3.59. The number of anilines is 2. The fraction of sp³-hybridized carbons (Fsp3) is 0.256. The first kappa shape index (κ1) is 37.2. The highest BCUT2D eigenvalue weighted by Crippen LogP contribution is 2.62. The summed E-state index contributed by atoms with van der Waals surface area (Å²) in [7, 11) is 4.40. The van der Waals surface area contributed by atoms with E-state index in [9.17, 15) is 19.5 Å². The highest BCUT2D eigenvalue weighted by atomic mass is 35.5. The summed E-state index contributed by atoms with van der Waals surface area (Å²) in [5, 5.41) is 12.3. The van der Waals surface area contributed by atoms with Crippen LogP contribution in [0.15, 0.2) is 103 Å². The molecule has 1 saturated carbocycles. The summed E-state index contributed by atoms with van der Waals surface area (Å²) < 4.78 is 16.3. The van der Waals surface area contributed by atoms with E-state index in [0.29, 0.717) is 33.3 Å². The van der Waals surface area contributed by atoms with Gasteiger partial charge in [-0.2, -0.15) is 5.01 Å². The summed E-state index contributed by atoms with van der Waals surface area (Å²) in [5.74, 6) is -4.71. The lowest BCUT2D eigenvalue weighted by atomic mass is 9.50. The third-order valence-corrected chi connectivity index (χ3v) is 12.2. The molecule has 2 heterocycles. The average molecular weight is 795 g/mol. The van der Waals surface area contributed by atoms with Crippen LogP contribution in [0, 0.1) is 29.6 Å². The first-order chi connectivity index (χ1) is 27.0. The van der Waals surface area contributed by atoms with E-state index >= 15 is 4.79 Å². The summed E-state index contributed by atoms with van der Waals surface area (Å²) in [6.45, 7) is 0. The Labute approximate surface area is 333 Å². The Balaban J connectivity index is 1.32. The zero-order chi connectivity index (χ0) is 39.5. The van der Waals surface area contributed by atoms with Gasteiger partial charge < -0.3 is 19.3 Å². The molecule has 2 aliphatic heterocycles. The number of nitrogens with zero attached hydrogens (tertiary/aromatic N) is 2. The molecule has 56 heavy (non-hydrogen) atoms. The number of carbonyl (C=O) groups excluding carboxylic acids is 4. The van der Waals surface area contributed by atoms with Gasteiger partial charge in [-0.15, -0.1) is 0 Å². The monoisotopic (exact) mass is 793 g/mol. The summed E-state index contributed by atoms with van der Waals surface area (Å²) in [4.78, 5) is 60.1. The molecule has 0 bridgehead atoms. The molecule has 2 saturated heterocycles. The van der Waals surface area contributed by atoms with Crippen molar-refractivity contribution in [3.63, 3.8) is 0 Å². The third kappa shape index (κ3) is 5.71. The molecule has 2 aliphatic carbocycles. The minimum atomic E-state index is -1.53. The van der Waals surface area contributed by atoms with Gasteiger partial charge in [-0.1, -0.05) is 77.3 Å². The number of benzene rings is 4. The van der Waals surface area contributed by atoms with E-state index in [-0.39, 0.29) is 46.9 Å². The fourth-order valence-electron chi connectivity index (χ4n) is 9.14. The maximum Gasteiger partial charge on any atom is 0.260 e. The van der Waals surface area contributed by atoms with E-state index in [1.54, 1.807) is 86.0 Å². The van der Waals surface area contributed by atoms with Gasteiger partial charge in [-0.05, 0) is 84.5 Å². The number of fused-ring (bicyclic) bond motifs is 4. The lowest BCUT2D eigenvalue weighted by Crippen LogP contribution is -2.54. The van der Waals surface area contributed by atoms with Gasteiger partial charge in [-0.3, -0.25) is 29.5 Å². The second kappa shape index (κ2) is 14.4. The number of amides is 4. The molecule has 0 aromatic heterocycles. The number of carbonyl (C=O) groups is 4. The molecule has 0 radical (unpaired) electrons. The summed E-state index contributed by atoms with van der Waals surface area (Å²) in [6.07, 6.45) is 6.01. The summed E-state index contributed by atoms with van der Waals surface area (Å²) in [6, 6.07) is 23.9. The van der Waals surface area contributed by atoms with Crippen LogP contribution in [0.5, 0.6) is 23.0 Å². The predicted molar refractivity (Wildman–Crippen MR) is 211 cm³/mol. The Morgan fingerprint density at radius 3 is 2.16 bits per heavy atom. The fourth-order valence-corrected chi connectivity index (χ4v) is 9.59.